The lowest BCUT2D eigenvalue weighted by Gasteiger charge is -2.31. The molecular weight excluding hydrogens is 544 g/mol. The normalized spacial score (nSPS) is 12.2. The molecule has 1 N–H and O–H groups in total. The molecule has 0 heterocycles. The Hall–Kier alpha value is -1.71. The summed E-state index contributed by atoms with van der Waals surface area (Å²) in [5.41, 5.74) is 0.673. The molecule has 0 aliphatic rings. The molecule has 34 heavy (non-hydrogen) atoms. The number of hydrogen-bond acceptors (Lipinski definition) is 4. The maximum atomic E-state index is 13.5. The van der Waals surface area contributed by atoms with E-state index in [4.69, 9.17) is 46.4 Å². The van der Waals surface area contributed by atoms with Crippen molar-refractivity contribution in [2.75, 3.05) is 23.7 Å². The SMILES string of the molecule is CCCNC(=O)[C@H](C)N(Cc1ccc(Cl)cc1Cl)C(=O)CN(c1cc(Cl)cc(Cl)c1)S(C)(=O)=O. The zero-order chi connectivity index (χ0) is 25.6. The fourth-order valence-corrected chi connectivity index (χ4v) is 4.93. The van der Waals surface area contributed by atoms with Gasteiger partial charge in [-0.25, -0.2) is 8.42 Å². The molecule has 2 aromatic carbocycles. The number of carbonyl (C=O) groups excluding carboxylic acids is 2. The highest BCUT2D eigenvalue weighted by atomic mass is 35.5. The van der Waals surface area contributed by atoms with Crippen LogP contribution in [-0.2, 0) is 26.2 Å². The predicted octanol–water partition coefficient (Wildman–Crippen LogP) is 5.01. The number of carbonyl (C=O) groups is 2. The van der Waals surface area contributed by atoms with Crippen molar-refractivity contribution in [1.29, 1.82) is 0 Å². The summed E-state index contributed by atoms with van der Waals surface area (Å²) in [7, 11) is -3.90. The van der Waals surface area contributed by atoms with Gasteiger partial charge in [0.1, 0.15) is 12.6 Å². The van der Waals surface area contributed by atoms with E-state index in [1.807, 2.05) is 6.92 Å². The number of amides is 2. The second-order valence-corrected chi connectivity index (χ2v) is 11.2. The molecule has 0 spiro atoms. The van der Waals surface area contributed by atoms with Gasteiger partial charge >= 0.3 is 0 Å². The molecule has 0 saturated carbocycles. The average Bonchev–Trinajstić information content (AvgIpc) is 2.73. The molecule has 0 fully saturated rings. The van der Waals surface area contributed by atoms with E-state index in [0.29, 0.717) is 28.6 Å². The van der Waals surface area contributed by atoms with Gasteiger partial charge < -0.3 is 10.2 Å². The summed E-state index contributed by atoms with van der Waals surface area (Å²) >= 11 is 24.4. The maximum absolute atomic E-state index is 13.5. The first-order chi connectivity index (χ1) is 15.8. The van der Waals surface area contributed by atoms with Crippen LogP contribution in [0.3, 0.4) is 0 Å². The Morgan fingerprint density at radius 2 is 1.62 bits per heavy atom. The van der Waals surface area contributed by atoms with E-state index in [0.717, 1.165) is 10.6 Å². The van der Waals surface area contributed by atoms with Gasteiger partial charge in [-0.05, 0) is 49.2 Å². The molecular formula is C22H25Cl4N3O4S. The van der Waals surface area contributed by atoms with Crippen molar-refractivity contribution >= 4 is 73.9 Å². The van der Waals surface area contributed by atoms with Gasteiger partial charge in [0.2, 0.25) is 21.8 Å². The van der Waals surface area contributed by atoms with Crippen molar-refractivity contribution in [2.24, 2.45) is 0 Å². The molecule has 7 nitrogen and oxygen atoms in total. The monoisotopic (exact) mass is 567 g/mol. The highest BCUT2D eigenvalue weighted by molar-refractivity contribution is 7.92. The standard InChI is InChI=1S/C22H25Cl4N3O4S/c1-4-7-27-22(31)14(2)28(12-15-5-6-16(23)11-20(15)26)21(30)13-29(34(3,32)33)19-9-17(24)8-18(25)10-19/h5-6,8-11,14H,4,7,12-13H2,1-3H3,(H,27,31)/t14-/m0/s1. The molecule has 0 aliphatic heterocycles. The average molecular weight is 569 g/mol. The molecule has 0 aromatic heterocycles. The lowest BCUT2D eigenvalue weighted by molar-refractivity contribution is -0.139. The van der Waals surface area contributed by atoms with Crippen LogP contribution in [0.5, 0.6) is 0 Å². The maximum Gasteiger partial charge on any atom is 0.244 e. The van der Waals surface area contributed by atoms with Gasteiger partial charge in [-0.2, -0.15) is 0 Å². The van der Waals surface area contributed by atoms with Crippen LogP contribution in [0.25, 0.3) is 0 Å². The number of halogens is 4. The number of anilines is 1. The van der Waals surface area contributed by atoms with Crippen LogP contribution in [0.15, 0.2) is 36.4 Å². The fourth-order valence-electron chi connectivity index (χ4n) is 3.11. The topological polar surface area (TPSA) is 86.8 Å². The summed E-state index contributed by atoms with van der Waals surface area (Å²) < 4.78 is 26.0. The predicted molar refractivity (Wildman–Crippen MR) is 138 cm³/mol. The Morgan fingerprint density at radius 3 is 2.15 bits per heavy atom. The first kappa shape index (κ1) is 28.5. The van der Waals surface area contributed by atoms with Gasteiger partial charge in [0, 0.05) is 33.2 Å². The van der Waals surface area contributed by atoms with Crippen LogP contribution in [0, 0.1) is 0 Å². The summed E-state index contributed by atoms with van der Waals surface area (Å²) in [6.07, 6.45) is 1.68. The number of hydrogen-bond donors (Lipinski definition) is 1. The van der Waals surface area contributed by atoms with Crippen LogP contribution < -0.4 is 9.62 Å². The van der Waals surface area contributed by atoms with Crippen molar-refractivity contribution in [3.63, 3.8) is 0 Å². The van der Waals surface area contributed by atoms with Gasteiger partial charge in [-0.1, -0.05) is 59.4 Å². The zero-order valence-electron chi connectivity index (χ0n) is 18.8. The molecule has 2 rings (SSSR count). The Morgan fingerprint density at radius 1 is 1.00 bits per heavy atom. The molecule has 0 bridgehead atoms. The van der Waals surface area contributed by atoms with Gasteiger partial charge in [-0.15, -0.1) is 0 Å². The summed E-state index contributed by atoms with van der Waals surface area (Å²) in [6, 6.07) is 8.11. The minimum atomic E-state index is -3.90. The third kappa shape index (κ3) is 7.92. The van der Waals surface area contributed by atoms with Crippen LogP contribution >= 0.6 is 46.4 Å². The molecule has 0 saturated heterocycles. The molecule has 0 radical (unpaired) electrons. The van der Waals surface area contributed by atoms with Gasteiger partial charge in [0.25, 0.3) is 0 Å². The Balaban J connectivity index is 2.44. The van der Waals surface area contributed by atoms with Crippen molar-refractivity contribution in [1.82, 2.24) is 10.2 Å². The highest BCUT2D eigenvalue weighted by Gasteiger charge is 2.30. The first-order valence-corrected chi connectivity index (χ1v) is 13.6. The fraction of sp³-hybridized carbons (Fsp3) is 0.364. The summed E-state index contributed by atoms with van der Waals surface area (Å²) in [5.74, 6) is -0.997. The second-order valence-electron chi connectivity index (χ2n) is 7.62. The molecule has 0 aliphatic carbocycles. The largest absolute Gasteiger partial charge is 0.354 e. The minimum absolute atomic E-state index is 0.0382. The van der Waals surface area contributed by atoms with E-state index in [-0.39, 0.29) is 28.2 Å². The van der Waals surface area contributed by atoms with Crippen molar-refractivity contribution in [3.8, 4) is 0 Å². The van der Waals surface area contributed by atoms with E-state index in [1.165, 1.54) is 29.2 Å². The number of nitrogens with zero attached hydrogens (tertiary/aromatic N) is 2. The Labute approximate surface area is 220 Å². The quantitative estimate of drug-likeness (QED) is 0.436. The summed E-state index contributed by atoms with van der Waals surface area (Å²) in [6.45, 7) is 3.29. The Kier molecular flexibility index (Phi) is 10.3. The molecule has 12 heteroatoms. The molecule has 186 valence electrons. The van der Waals surface area contributed by atoms with E-state index in [1.54, 1.807) is 19.1 Å². The van der Waals surface area contributed by atoms with Crippen molar-refractivity contribution in [2.45, 2.75) is 32.9 Å². The number of rotatable bonds is 10. The van der Waals surface area contributed by atoms with E-state index in [2.05, 4.69) is 5.32 Å². The van der Waals surface area contributed by atoms with Crippen LogP contribution in [0.4, 0.5) is 5.69 Å². The second kappa shape index (κ2) is 12.3. The van der Waals surface area contributed by atoms with E-state index in [9.17, 15) is 18.0 Å². The third-order valence-corrected chi connectivity index (χ3v) is 7.05. The van der Waals surface area contributed by atoms with Crippen LogP contribution in [0.1, 0.15) is 25.8 Å². The van der Waals surface area contributed by atoms with Crippen LogP contribution in [0.2, 0.25) is 20.1 Å². The molecule has 1 atom stereocenters. The van der Waals surface area contributed by atoms with Crippen molar-refractivity contribution in [3.05, 3.63) is 62.1 Å². The zero-order valence-corrected chi connectivity index (χ0v) is 22.7. The first-order valence-electron chi connectivity index (χ1n) is 10.3. The number of sulfonamides is 1. The lowest BCUT2D eigenvalue weighted by atomic mass is 10.1. The molecule has 0 unspecified atom stereocenters. The lowest BCUT2D eigenvalue weighted by Crippen LogP contribution is -2.51. The third-order valence-electron chi connectivity index (χ3n) is 4.89. The van der Waals surface area contributed by atoms with E-state index < -0.39 is 28.5 Å². The van der Waals surface area contributed by atoms with Gasteiger partial charge in [0.05, 0.1) is 11.9 Å². The summed E-state index contributed by atoms with van der Waals surface area (Å²) in [5, 5.41) is 3.90. The number of benzene rings is 2. The van der Waals surface area contributed by atoms with Gasteiger partial charge in [0.15, 0.2) is 0 Å². The minimum Gasteiger partial charge on any atom is -0.354 e. The smallest absolute Gasteiger partial charge is 0.244 e. The molecule has 2 amide bonds. The van der Waals surface area contributed by atoms with Crippen LogP contribution in [-0.4, -0.2) is 50.5 Å². The van der Waals surface area contributed by atoms with Crippen molar-refractivity contribution < 1.29 is 18.0 Å². The number of nitrogens with one attached hydrogen (secondary N) is 1. The Bertz CT molecular complexity index is 1140. The highest BCUT2D eigenvalue weighted by Crippen LogP contribution is 2.28. The summed E-state index contributed by atoms with van der Waals surface area (Å²) in [4.78, 5) is 27.4. The molecule has 2 aromatic rings. The van der Waals surface area contributed by atoms with E-state index >= 15 is 0 Å². The van der Waals surface area contributed by atoms with Gasteiger partial charge in [-0.3, -0.25) is 13.9 Å².